The van der Waals surface area contributed by atoms with Crippen molar-refractivity contribution in [2.45, 2.75) is 37.7 Å². The fraction of sp³-hybridized carbons (Fsp3) is 0.471. The Morgan fingerprint density at radius 3 is 2.87 bits per heavy atom. The molecule has 6 nitrogen and oxygen atoms in total. The third kappa shape index (κ3) is 3.59. The highest BCUT2D eigenvalue weighted by Gasteiger charge is 2.29. The maximum Gasteiger partial charge on any atom is 0.253 e. The molecule has 1 saturated carbocycles. The first-order chi connectivity index (χ1) is 11.1. The van der Waals surface area contributed by atoms with Crippen molar-refractivity contribution >= 4 is 5.91 Å². The molecular weight excluding hydrogens is 292 g/mol. The molecule has 1 fully saturated rings. The average Bonchev–Trinajstić information content (AvgIpc) is 3.00. The molecule has 0 bridgehead atoms. The minimum absolute atomic E-state index is 0.212. The Hall–Kier alpha value is -2.21. The molecule has 1 amide bonds. The highest BCUT2D eigenvalue weighted by atomic mass is 16.3. The number of carbonyl (C=O) groups is 1. The van der Waals surface area contributed by atoms with E-state index in [2.05, 4.69) is 15.4 Å². The van der Waals surface area contributed by atoms with Crippen LogP contribution in [0.1, 0.15) is 42.5 Å². The van der Waals surface area contributed by atoms with Crippen LogP contribution in [0.2, 0.25) is 0 Å². The number of aryl methyl sites for hydroxylation is 1. The Labute approximate surface area is 135 Å². The van der Waals surface area contributed by atoms with Crippen LogP contribution >= 0.6 is 0 Å². The van der Waals surface area contributed by atoms with Crippen LogP contribution < -0.4 is 5.32 Å². The van der Waals surface area contributed by atoms with Crippen molar-refractivity contribution in [2.75, 3.05) is 6.54 Å². The molecule has 3 rings (SSSR count). The Morgan fingerprint density at radius 1 is 1.39 bits per heavy atom. The largest absolute Gasteiger partial charge is 0.388 e. The first-order valence-electron chi connectivity index (χ1n) is 8.02. The Kier molecular flexibility index (Phi) is 4.43. The summed E-state index contributed by atoms with van der Waals surface area (Å²) in [6, 6.07) is 3.49. The lowest BCUT2D eigenvalue weighted by atomic mass is 9.85. The first kappa shape index (κ1) is 15.7. The minimum Gasteiger partial charge on any atom is -0.388 e. The lowest BCUT2D eigenvalue weighted by Gasteiger charge is -2.32. The van der Waals surface area contributed by atoms with E-state index in [9.17, 15) is 9.90 Å². The zero-order valence-electron chi connectivity index (χ0n) is 13.3. The van der Waals surface area contributed by atoms with Crippen LogP contribution in [-0.2, 0) is 7.05 Å². The van der Waals surface area contributed by atoms with Gasteiger partial charge < -0.3 is 10.4 Å². The van der Waals surface area contributed by atoms with E-state index in [0.29, 0.717) is 11.3 Å². The highest BCUT2D eigenvalue weighted by molar-refractivity contribution is 5.99. The molecule has 0 spiro atoms. The monoisotopic (exact) mass is 314 g/mol. The van der Waals surface area contributed by atoms with Gasteiger partial charge in [0.1, 0.15) is 0 Å². The van der Waals surface area contributed by atoms with Gasteiger partial charge in [0.25, 0.3) is 5.91 Å². The van der Waals surface area contributed by atoms with E-state index in [-0.39, 0.29) is 12.5 Å². The minimum atomic E-state index is -0.773. The zero-order valence-corrected chi connectivity index (χ0v) is 13.3. The molecule has 0 radical (unpaired) electrons. The van der Waals surface area contributed by atoms with Gasteiger partial charge in [-0.15, -0.1) is 0 Å². The predicted molar refractivity (Wildman–Crippen MR) is 86.8 cm³/mol. The second-order valence-corrected chi connectivity index (χ2v) is 6.27. The van der Waals surface area contributed by atoms with E-state index >= 15 is 0 Å². The fourth-order valence-corrected chi connectivity index (χ4v) is 3.09. The summed E-state index contributed by atoms with van der Waals surface area (Å²) in [5, 5.41) is 17.5. The molecule has 0 saturated heterocycles. The molecule has 0 aromatic carbocycles. The summed E-state index contributed by atoms with van der Waals surface area (Å²) in [4.78, 5) is 16.9. The summed E-state index contributed by atoms with van der Waals surface area (Å²) in [6.07, 6.45) is 9.85. The second kappa shape index (κ2) is 6.50. The number of rotatable bonds is 4. The summed E-state index contributed by atoms with van der Waals surface area (Å²) in [7, 11) is 1.82. The van der Waals surface area contributed by atoms with Crippen LogP contribution in [-0.4, -0.2) is 37.9 Å². The Bertz CT molecular complexity index is 689. The van der Waals surface area contributed by atoms with Crippen molar-refractivity contribution in [3.63, 3.8) is 0 Å². The molecule has 23 heavy (non-hydrogen) atoms. The van der Waals surface area contributed by atoms with Crippen LogP contribution in [0, 0.1) is 0 Å². The average molecular weight is 314 g/mol. The van der Waals surface area contributed by atoms with Crippen LogP contribution in [0.15, 0.2) is 30.7 Å². The van der Waals surface area contributed by atoms with Gasteiger partial charge in [0.05, 0.1) is 23.1 Å². The molecule has 0 aliphatic heterocycles. The number of aliphatic hydroxyl groups is 1. The summed E-state index contributed by atoms with van der Waals surface area (Å²) >= 11 is 0. The number of carbonyl (C=O) groups excluding carboxylic acids is 1. The number of aromatic nitrogens is 3. The topological polar surface area (TPSA) is 80.0 Å². The van der Waals surface area contributed by atoms with Crippen LogP contribution in [0.25, 0.3) is 11.3 Å². The van der Waals surface area contributed by atoms with Crippen molar-refractivity contribution in [2.24, 2.45) is 7.05 Å². The molecule has 122 valence electrons. The van der Waals surface area contributed by atoms with Crippen LogP contribution in [0.3, 0.4) is 0 Å². The van der Waals surface area contributed by atoms with Crippen LogP contribution in [0.5, 0.6) is 0 Å². The predicted octanol–water partition coefficient (Wildman–Crippen LogP) is 1.91. The van der Waals surface area contributed by atoms with Crippen molar-refractivity contribution < 1.29 is 9.90 Å². The van der Waals surface area contributed by atoms with E-state index in [0.717, 1.165) is 37.7 Å². The molecule has 1 aliphatic carbocycles. The molecular formula is C17H22N4O2. The third-order valence-electron chi connectivity index (χ3n) is 4.39. The van der Waals surface area contributed by atoms with Gasteiger partial charge >= 0.3 is 0 Å². The summed E-state index contributed by atoms with van der Waals surface area (Å²) in [5.74, 6) is -0.212. The molecule has 1 aliphatic rings. The lowest BCUT2D eigenvalue weighted by Crippen LogP contribution is -2.44. The van der Waals surface area contributed by atoms with Gasteiger partial charge in [-0.25, -0.2) is 0 Å². The molecule has 6 heteroatoms. The van der Waals surface area contributed by atoms with Crippen molar-refractivity contribution in [1.29, 1.82) is 0 Å². The third-order valence-corrected chi connectivity index (χ3v) is 4.39. The highest BCUT2D eigenvalue weighted by Crippen LogP contribution is 2.27. The van der Waals surface area contributed by atoms with E-state index in [1.807, 2.05) is 13.2 Å². The molecule has 2 aromatic heterocycles. The number of nitrogens with one attached hydrogen (secondary N) is 1. The van der Waals surface area contributed by atoms with Gasteiger partial charge in [-0.3, -0.25) is 14.5 Å². The molecule has 0 unspecified atom stereocenters. The van der Waals surface area contributed by atoms with Gasteiger partial charge in [0.15, 0.2) is 0 Å². The van der Waals surface area contributed by atoms with E-state index in [1.165, 1.54) is 0 Å². The lowest BCUT2D eigenvalue weighted by molar-refractivity contribution is 0.00526. The number of nitrogens with zero attached hydrogens (tertiary/aromatic N) is 3. The number of amides is 1. The second-order valence-electron chi connectivity index (χ2n) is 6.27. The van der Waals surface area contributed by atoms with Gasteiger partial charge in [0.2, 0.25) is 0 Å². The summed E-state index contributed by atoms with van der Waals surface area (Å²) < 4.78 is 1.68. The molecule has 0 atom stereocenters. The molecule has 2 N–H and O–H groups in total. The maximum atomic E-state index is 12.5. The van der Waals surface area contributed by atoms with E-state index < -0.39 is 5.60 Å². The van der Waals surface area contributed by atoms with Crippen molar-refractivity contribution in [3.8, 4) is 11.3 Å². The van der Waals surface area contributed by atoms with E-state index in [4.69, 9.17) is 0 Å². The Balaban J connectivity index is 1.75. The van der Waals surface area contributed by atoms with Crippen molar-refractivity contribution in [1.82, 2.24) is 20.1 Å². The summed E-state index contributed by atoms with van der Waals surface area (Å²) in [5.41, 5.74) is 1.13. The van der Waals surface area contributed by atoms with Gasteiger partial charge in [-0.05, 0) is 25.0 Å². The Morgan fingerprint density at radius 2 is 2.17 bits per heavy atom. The van der Waals surface area contributed by atoms with Gasteiger partial charge in [0, 0.05) is 31.5 Å². The quantitative estimate of drug-likeness (QED) is 0.903. The molecule has 2 aromatic rings. The van der Waals surface area contributed by atoms with Crippen molar-refractivity contribution in [3.05, 3.63) is 36.3 Å². The fourth-order valence-electron chi connectivity index (χ4n) is 3.09. The number of hydrogen-bond acceptors (Lipinski definition) is 4. The SMILES string of the molecule is Cn1cc(-c2ncccc2C(=O)NCC2(O)CCCCC2)cn1. The molecule has 2 heterocycles. The van der Waals surface area contributed by atoms with Gasteiger partial charge in [-0.2, -0.15) is 5.10 Å². The van der Waals surface area contributed by atoms with E-state index in [1.54, 1.807) is 29.2 Å². The normalized spacial score (nSPS) is 17.0. The maximum absolute atomic E-state index is 12.5. The summed E-state index contributed by atoms with van der Waals surface area (Å²) in [6.45, 7) is 0.285. The number of pyridine rings is 1. The first-order valence-corrected chi connectivity index (χ1v) is 8.02. The van der Waals surface area contributed by atoms with Gasteiger partial charge in [-0.1, -0.05) is 19.3 Å². The zero-order chi connectivity index (χ0) is 16.3. The smallest absolute Gasteiger partial charge is 0.253 e. The van der Waals surface area contributed by atoms with Crippen LogP contribution in [0.4, 0.5) is 0 Å². The standard InChI is InChI=1S/C17H22N4O2/c1-21-11-13(10-20-21)15-14(6-5-9-18-15)16(22)19-12-17(23)7-3-2-4-8-17/h5-6,9-11,23H,2-4,7-8,12H2,1H3,(H,19,22). The number of hydrogen-bond donors (Lipinski definition) is 2.